The molecule has 0 bridgehead atoms. The first-order valence-corrected chi connectivity index (χ1v) is 6.74. The molecule has 1 aliphatic rings. The van der Waals surface area contributed by atoms with Crippen LogP contribution >= 0.6 is 0 Å². The molecular formula is C15H20FNO3. The quantitative estimate of drug-likeness (QED) is 0.799. The van der Waals surface area contributed by atoms with E-state index in [0.29, 0.717) is 11.3 Å². The van der Waals surface area contributed by atoms with Gasteiger partial charge >= 0.3 is 5.97 Å². The van der Waals surface area contributed by atoms with E-state index in [-0.39, 0.29) is 11.6 Å². The summed E-state index contributed by atoms with van der Waals surface area (Å²) in [7, 11) is 4.74. The molecule has 1 fully saturated rings. The molecule has 1 aromatic carbocycles. The molecule has 1 unspecified atom stereocenters. The van der Waals surface area contributed by atoms with Gasteiger partial charge in [0.2, 0.25) is 0 Å². The van der Waals surface area contributed by atoms with Crippen LogP contribution in [0, 0.1) is 5.82 Å². The van der Waals surface area contributed by atoms with E-state index in [2.05, 4.69) is 4.90 Å². The molecule has 1 atom stereocenters. The third kappa shape index (κ3) is 2.77. The number of halogens is 1. The third-order valence-electron chi connectivity index (χ3n) is 3.85. The molecule has 4 nitrogen and oxygen atoms in total. The van der Waals surface area contributed by atoms with Crippen LogP contribution in [0.1, 0.15) is 41.2 Å². The van der Waals surface area contributed by atoms with Gasteiger partial charge < -0.3 is 9.47 Å². The Bertz CT molecular complexity index is 504. The first kappa shape index (κ1) is 14.8. The Morgan fingerprint density at radius 2 is 2.10 bits per heavy atom. The molecule has 0 amide bonds. The number of rotatable bonds is 3. The van der Waals surface area contributed by atoms with Crippen LogP contribution in [0.4, 0.5) is 4.39 Å². The highest BCUT2D eigenvalue weighted by atomic mass is 19.1. The van der Waals surface area contributed by atoms with E-state index in [0.717, 1.165) is 25.8 Å². The largest absolute Gasteiger partial charge is 0.497 e. The first-order valence-electron chi connectivity index (χ1n) is 6.74. The molecular weight excluding hydrogens is 261 g/mol. The second kappa shape index (κ2) is 6.22. The van der Waals surface area contributed by atoms with Gasteiger partial charge in [-0.2, -0.15) is 0 Å². The molecule has 110 valence electrons. The number of carbonyl (C=O) groups is 1. The summed E-state index contributed by atoms with van der Waals surface area (Å²) in [6, 6.07) is 2.97. The predicted molar refractivity (Wildman–Crippen MR) is 73.5 cm³/mol. The number of ether oxygens (including phenoxy) is 2. The zero-order valence-corrected chi connectivity index (χ0v) is 12.1. The monoisotopic (exact) mass is 281 g/mol. The van der Waals surface area contributed by atoms with Crippen molar-refractivity contribution in [2.24, 2.45) is 0 Å². The van der Waals surface area contributed by atoms with E-state index >= 15 is 0 Å². The summed E-state index contributed by atoms with van der Waals surface area (Å²) in [5.74, 6) is -0.812. The lowest BCUT2D eigenvalue weighted by Gasteiger charge is -2.33. The highest BCUT2D eigenvalue weighted by molar-refractivity contribution is 5.91. The third-order valence-corrected chi connectivity index (χ3v) is 3.85. The number of esters is 1. The first-order chi connectivity index (χ1) is 9.58. The molecule has 2 rings (SSSR count). The van der Waals surface area contributed by atoms with Crippen molar-refractivity contribution < 1.29 is 18.7 Å². The number of likely N-dealkylation sites (tertiary alicyclic amines) is 1. The molecule has 0 N–H and O–H groups in total. The van der Waals surface area contributed by atoms with E-state index in [1.165, 1.54) is 20.3 Å². The number of hydrogen-bond donors (Lipinski definition) is 0. The zero-order valence-electron chi connectivity index (χ0n) is 12.1. The van der Waals surface area contributed by atoms with Crippen molar-refractivity contribution in [3.8, 4) is 5.75 Å². The average molecular weight is 281 g/mol. The van der Waals surface area contributed by atoms with Crippen LogP contribution in [0.25, 0.3) is 0 Å². The van der Waals surface area contributed by atoms with Crippen molar-refractivity contribution in [3.63, 3.8) is 0 Å². The number of piperidine rings is 1. The van der Waals surface area contributed by atoms with Crippen molar-refractivity contribution in [2.75, 3.05) is 27.8 Å². The molecule has 1 aliphatic heterocycles. The van der Waals surface area contributed by atoms with Crippen LogP contribution in [-0.4, -0.2) is 38.7 Å². The topological polar surface area (TPSA) is 38.8 Å². The Labute approximate surface area is 118 Å². The minimum absolute atomic E-state index is 0.0162. The Balaban J connectivity index is 2.52. The van der Waals surface area contributed by atoms with Gasteiger partial charge in [0.25, 0.3) is 0 Å². The van der Waals surface area contributed by atoms with Gasteiger partial charge in [-0.1, -0.05) is 6.42 Å². The van der Waals surface area contributed by atoms with Gasteiger partial charge in [-0.3, -0.25) is 4.90 Å². The van der Waals surface area contributed by atoms with Crippen LogP contribution in [0.5, 0.6) is 5.75 Å². The predicted octanol–water partition coefficient (Wildman–Crippen LogP) is 2.78. The summed E-state index contributed by atoms with van der Waals surface area (Å²) in [6.45, 7) is 0.935. The highest BCUT2D eigenvalue weighted by Crippen LogP contribution is 2.35. The van der Waals surface area contributed by atoms with Crippen molar-refractivity contribution >= 4 is 5.97 Å². The van der Waals surface area contributed by atoms with E-state index in [1.807, 2.05) is 7.05 Å². The van der Waals surface area contributed by atoms with Crippen molar-refractivity contribution in [1.82, 2.24) is 4.90 Å². The lowest BCUT2D eigenvalue weighted by Crippen LogP contribution is -2.31. The SMILES string of the molecule is COC(=O)c1c(F)cc(OC)cc1C1CCCCN1C. The Morgan fingerprint density at radius 3 is 2.70 bits per heavy atom. The Morgan fingerprint density at radius 1 is 1.35 bits per heavy atom. The minimum atomic E-state index is -0.640. The minimum Gasteiger partial charge on any atom is -0.497 e. The molecule has 1 heterocycles. The number of nitrogens with zero attached hydrogens (tertiary/aromatic N) is 1. The van der Waals surface area contributed by atoms with Crippen LogP contribution in [0.3, 0.4) is 0 Å². The van der Waals surface area contributed by atoms with Crippen LogP contribution < -0.4 is 4.74 Å². The van der Waals surface area contributed by atoms with Crippen molar-refractivity contribution in [1.29, 1.82) is 0 Å². The molecule has 0 radical (unpaired) electrons. The highest BCUT2D eigenvalue weighted by Gasteiger charge is 2.28. The molecule has 1 saturated heterocycles. The summed E-state index contributed by atoms with van der Waals surface area (Å²) in [5.41, 5.74) is 0.669. The van der Waals surface area contributed by atoms with E-state index < -0.39 is 11.8 Å². The number of carbonyl (C=O) groups excluding carboxylic acids is 1. The number of benzene rings is 1. The number of hydrogen-bond acceptors (Lipinski definition) is 4. The lowest BCUT2D eigenvalue weighted by atomic mass is 9.91. The second-order valence-corrected chi connectivity index (χ2v) is 5.06. The zero-order chi connectivity index (χ0) is 14.7. The average Bonchev–Trinajstić information content (AvgIpc) is 2.46. The summed E-state index contributed by atoms with van der Waals surface area (Å²) in [5, 5.41) is 0. The fraction of sp³-hybridized carbons (Fsp3) is 0.533. The van der Waals surface area contributed by atoms with E-state index in [1.54, 1.807) is 6.07 Å². The molecule has 5 heteroatoms. The summed E-state index contributed by atoms with van der Waals surface area (Å²) >= 11 is 0. The van der Waals surface area contributed by atoms with Gasteiger partial charge in [0.1, 0.15) is 17.1 Å². The second-order valence-electron chi connectivity index (χ2n) is 5.06. The van der Waals surface area contributed by atoms with Gasteiger partial charge in [0.05, 0.1) is 14.2 Å². The van der Waals surface area contributed by atoms with Crippen LogP contribution in [0.15, 0.2) is 12.1 Å². The summed E-state index contributed by atoms with van der Waals surface area (Å²) in [6.07, 6.45) is 3.08. The van der Waals surface area contributed by atoms with Gasteiger partial charge in [-0.05, 0) is 38.1 Å². The fourth-order valence-electron chi connectivity index (χ4n) is 2.77. The van der Waals surface area contributed by atoms with Crippen LogP contribution in [-0.2, 0) is 4.74 Å². The van der Waals surface area contributed by atoms with Crippen molar-refractivity contribution in [2.45, 2.75) is 25.3 Å². The summed E-state index contributed by atoms with van der Waals surface area (Å²) in [4.78, 5) is 14.0. The molecule has 0 aromatic heterocycles. The van der Waals surface area contributed by atoms with Gasteiger partial charge in [-0.25, -0.2) is 9.18 Å². The molecule has 20 heavy (non-hydrogen) atoms. The van der Waals surface area contributed by atoms with Gasteiger partial charge in [0, 0.05) is 12.1 Å². The standard InChI is InChI=1S/C15H20FNO3/c1-17-7-5-4-6-13(17)11-8-10(19-2)9-12(16)14(11)15(18)20-3/h8-9,13H,4-7H2,1-3H3. The maximum atomic E-state index is 14.2. The van der Waals surface area contributed by atoms with E-state index in [9.17, 15) is 9.18 Å². The number of methoxy groups -OCH3 is 2. The molecule has 1 aromatic rings. The molecule has 0 aliphatic carbocycles. The Kier molecular flexibility index (Phi) is 4.60. The Hall–Kier alpha value is -1.62. The fourth-order valence-corrected chi connectivity index (χ4v) is 2.77. The smallest absolute Gasteiger partial charge is 0.341 e. The normalized spacial score (nSPS) is 19.7. The van der Waals surface area contributed by atoms with Crippen LogP contribution in [0.2, 0.25) is 0 Å². The maximum Gasteiger partial charge on any atom is 0.341 e. The lowest BCUT2D eigenvalue weighted by molar-refractivity contribution is 0.0589. The van der Waals surface area contributed by atoms with Gasteiger partial charge in [0.15, 0.2) is 0 Å². The van der Waals surface area contributed by atoms with Crippen molar-refractivity contribution in [3.05, 3.63) is 29.1 Å². The van der Waals surface area contributed by atoms with E-state index in [4.69, 9.17) is 9.47 Å². The summed E-state index contributed by atoms with van der Waals surface area (Å²) < 4.78 is 24.1. The molecule has 0 spiro atoms. The van der Waals surface area contributed by atoms with Gasteiger partial charge in [-0.15, -0.1) is 0 Å². The molecule has 0 saturated carbocycles. The maximum absolute atomic E-state index is 14.2.